The monoisotopic (exact) mass is 411 g/mol. The summed E-state index contributed by atoms with van der Waals surface area (Å²) in [5.41, 5.74) is 1.24. The number of hydrogen-bond acceptors (Lipinski definition) is 3. The topological polar surface area (TPSA) is 46.1 Å². The standard InChI is InChI=1S/C19H30BrN3O2/c1-21-19(23(2)14-17-6-3-4-7-18(17)20)22-10-5-11-25-15-16-8-12-24-13-9-16/h3-4,6-7,16H,5,8-15H2,1-2H3,(H,21,22). The van der Waals surface area contributed by atoms with Crippen LogP contribution in [0.4, 0.5) is 0 Å². The fraction of sp³-hybridized carbons (Fsp3) is 0.632. The van der Waals surface area contributed by atoms with Gasteiger partial charge in [-0.2, -0.15) is 0 Å². The van der Waals surface area contributed by atoms with Crippen molar-refractivity contribution in [1.29, 1.82) is 0 Å². The van der Waals surface area contributed by atoms with Crippen molar-refractivity contribution in [2.75, 3.05) is 47.1 Å². The van der Waals surface area contributed by atoms with Gasteiger partial charge in [0.25, 0.3) is 0 Å². The number of nitrogens with zero attached hydrogens (tertiary/aromatic N) is 2. The van der Waals surface area contributed by atoms with E-state index >= 15 is 0 Å². The number of hydrogen-bond donors (Lipinski definition) is 1. The Hall–Kier alpha value is -1.11. The molecule has 0 aliphatic carbocycles. The van der Waals surface area contributed by atoms with Crippen LogP contribution in [0.15, 0.2) is 33.7 Å². The molecule has 1 fully saturated rings. The molecule has 0 radical (unpaired) electrons. The highest BCUT2D eigenvalue weighted by molar-refractivity contribution is 9.10. The molecule has 0 aromatic heterocycles. The third-order valence-electron chi connectivity index (χ3n) is 4.38. The van der Waals surface area contributed by atoms with E-state index in [1.165, 1.54) is 5.56 Å². The molecule has 0 atom stereocenters. The van der Waals surface area contributed by atoms with Gasteiger partial charge in [-0.25, -0.2) is 0 Å². The molecule has 1 saturated heterocycles. The largest absolute Gasteiger partial charge is 0.381 e. The molecular weight excluding hydrogens is 382 g/mol. The number of nitrogens with one attached hydrogen (secondary N) is 1. The van der Waals surface area contributed by atoms with Gasteiger partial charge in [0, 0.05) is 58.1 Å². The minimum absolute atomic E-state index is 0.671. The molecule has 6 heteroatoms. The van der Waals surface area contributed by atoms with Crippen LogP contribution in [0.5, 0.6) is 0 Å². The summed E-state index contributed by atoms with van der Waals surface area (Å²) >= 11 is 3.60. The van der Waals surface area contributed by atoms with Gasteiger partial charge in [0.1, 0.15) is 0 Å². The summed E-state index contributed by atoms with van der Waals surface area (Å²) in [6.07, 6.45) is 3.24. The van der Waals surface area contributed by atoms with Crippen molar-refractivity contribution in [3.05, 3.63) is 34.3 Å². The maximum Gasteiger partial charge on any atom is 0.193 e. The molecule has 0 saturated carbocycles. The van der Waals surface area contributed by atoms with Gasteiger partial charge in [0.05, 0.1) is 0 Å². The summed E-state index contributed by atoms with van der Waals surface area (Å²) in [7, 11) is 3.87. The highest BCUT2D eigenvalue weighted by atomic mass is 79.9. The lowest BCUT2D eigenvalue weighted by atomic mass is 10.0. The molecule has 1 heterocycles. The molecule has 1 aromatic rings. The van der Waals surface area contributed by atoms with Crippen molar-refractivity contribution >= 4 is 21.9 Å². The first-order chi connectivity index (χ1) is 12.2. The van der Waals surface area contributed by atoms with E-state index < -0.39 is 0 Å². The minimum atomic E-state index is 0.671. The number of guanidine groups is 1. The van der Waals surface area contributed by atoms with Crippen LogP contribution in [0.2, 0.25) is 0 Å². The molecule has 2 rings (SSSR count). The molecule has 0 spiro atoms. The third kappa shape index (κ3) is 7.34. The summed E-state index contributed by atoms with van der Waals surface area (Å²) in [5, 5.41) is 3.41. The molecule has 5 nitrogen and oxygen atoms in total. The first kappa shape index (κ1) is 20.2. The van der Waals surface area contributed by atoms with Crippen LogP contribution in [0.1, 0.15) is 24.8 Å². The lowest BCUT2D eigenvalue weighted by Crippen LogP contribution is -2.39. The number of aliphatic imine (C=N–C) groups is 1. The van der Waals surface area contributed by atoms with Crippen molar-refractivity contribution in [2.45, 2.75) is 25.8 Å². The van der Waals surface area contributed by atoms with Gasteiger partial charge in [-0.05, 0) is 36.8 Å². The van der Waals surface area contributed by atoms with Gasteiger partial charge in [-0.1, -0.05) is 34.1 Å². The number of rotatable bonds is 8. The van der Waals surface area contributed by atoms with E-state index in [9.17, 15) is 0 Å². The van der Waals surface area contributed by atoms with Crippen LogP contribution in [-0.2, 0) is 16.0 Å². The van der Waals surface area contributed by atoms with Crippen LogP contribution < -0.4 is 5.32 Å². The van der Waals surface area contributed by atoms with Crippen molar-refractivity contribution in [3.8, 4) is 0 Å². The van der Waals surface area contributed by atoms with E-state index in [4.69, 9.17) is 9.47 Å². The molecule has 0 amide bonds. The Balaban J connectivity index is 1.62. The van der Waals surface area contributed by atoms with Crippen LogP contribution in [-0.4, -0.2) is 57.9 Å². The van der Waals surface area contributed by atoms with E-state index in [0.29, 0.717) is 5.92 Å². The first-order valence-electron chi connectivity index (χ1n) is 9.01. The maximum atomic E-state index is 5.81. The number of ether oxygens (including phenoxy) is 2. The van der Waals surface area contributed by atoms with Crippen molar-refractivity contribution in [2.24, 2.45) is 10.9 Å². The summed E-state index contributed by atoms with van der Waals surface area (Å²) in [6, 6.07) is 8.27. The Morgan fingerprint density at radius 3 is 2.84 bits per heavy atom. The van der Waals surface area contributed by atoms with Gasteiger partial charge < -0.3 is 19.7 Å². The minimum Gasteiger partial charge on any atom is -0.381 e. The van der Waals surface area contributed by atoms with Gasteiger partial charge in [-0.3, -0.25) is 4.99 Å². The van der Waals surface area contributed by atoms with Gasteiger partial charge >= 0.3 is 0 Å². The smallest absolute Gasteiger partial charge is 0.193 e. The van der Waals surface area contributed by atoms with E-state index in [1.54, 1.807) is 0 Å². The van der Waals surface area contributed by atoms with E-state index in [-0.39, 0.29) is 0 Å². The Bertz CT molecular complexity index is 533. The highest BCUT2D eigenvalue weighted by Crippen LogP contribution is 2.17. The third-order valence-corrected chi connectivity index (χ3v) is 5.16. The van der Waals surface area contributed by atoms with Gasteiger partial charge in [0.2, 0.25) is 0 Å². The second kappa shape index (κ2) is 11.5. The fourth-order valence-corrected chi connectivity index (χ4v) is 3.29. The summed E-state index contributed by atoms with van der Waals surface area (Å²) < 4.78 is 12.3. The second-order valence-corrected chi connectivity index (χ2v) is 7.26. The quantitative estimate of drug-likeness (QED) is 0.405. The summed E-state index contributed by atoms with van der Waals surface area (Å²) in [5.74, 6) is 1.57. The Labute approximate surface area is 159 Å². The summed E-state index contributed by atoms with van der Waals surface area (Å²) in [4.78, 5) is 6.49. The van der Waals surface area contributed by atoms with Crippen LogP contribution in [0.25, 0.3) is 0 Å². The van der Waals surface area contributed by atoms with Crippen LogP contribution >= 0.6 is 15.9 Å². The maximum absolute atomic E-state index is 5.81. The van der Waals surface area contributed by atoms with Gasteiger partial charge in [0.15, 0.2) is 5.96 Å². The van der Waals surface area contributed by atoms with E-state index in [2.05, 4.69) is 56.4 Å². The molecule has 0 unspecified atom stereocenters. The number of benzene rings is 1. The van der Waals surface area contributed by atoms with Crippen molar-refractivity contribution in [3.63, 3.8) is 0 Å². The molecule has 1 aliphatic heterocycles. The average molecular weight is 412 g/mol. The normalized spacial score (nSPS) is 16.0. The zero-order valence-electron chi connectivity index (χ0n) is 15.3. The molecule has 0 bridgehead atoms. The van der Waals surface area contributed by atoms with E-state index in [1.807, 2.05) is 13.1 Å². The van der Waals surface area contributed by atoms with Gasteiger partial charge in [-0.15, -0.1) is 0 Å². The Morgan fingerprint density at radius 1 is 1.36 bits per heavy atom. The first-order valence-corrected chi connectivity index (χ1v) is 9.80. The van der Waals surface area contributed by atoms with Crippen LogP contribution in [0, 0.1) is 5.92 Å². The second-order valence-electron chi connectivity index (χ2n) is 6.41. The molecule has 1 N–H and O–H groups in total. The summed E-state index contributed by atoms with van der Waals surface area (Å²) in [6.45, 7) is 5.09. The van der Waals surface area contributed by atoms with Crippen molar-refractivity contribution in [1.82, 2.24) is 10.2 Å². The predicted octanol–water partition coefficient (Wildman–Crippen LogP) is 3.29. The molecule has 1 aliphatic rings. The Kier molecular flexibility index (Phi) is 9.29. The number of halogens is 1. The molecule has 1 aromatic carbocycles. The lowest BCUT2D eigenvalue weighted by Gasteiger charge is -2.23. The SMILES string of the molecule is CN=C(NCCCOCC1CCOCC1)N(C)Cc1ccccc1Br. The molecular formula is C19H30BrN3O2. The zero-order valence-corrected chi connectivity index (χ0v) is 16.9. The lowest BCUT2D eigenvalue weighted by molar-refractivity contribution is 0.0203. The Morgan fingerprint density at radius 2 is 2.12 bits per heavy atom. The molecule has 25 heavy (non-hydrogen) atoms. The zero-order chi connectivity index (χ0) is 17.9. The van der Waals surface area contributed by atoms with E-state index in [0.717, 1.165) is 69.2 Å². The average Bonchev–Trinajstić information content (AvgIpc) is 2.64. The fourth-order valence-electron chi connectivity index (χ4n) is 2.88. The van der Waals surface area contributed by atoms with Crippen molar-refractivity contribution < 1.29 is 9.47 Å². The predicted molar refractivity (Wildman–Crippen MR) is 106 cm³/mol. The van der Waals surface area contributed by atoms with Crippen LogP contribution in [0.3, 0.4) is 0 Å². The molecule has 140 valence electrons. The highest BCUT2D eigenvalue weighted by Gasteiger charge is 2.13.